The minimum absolute atomic E-state index is 0.664. The van der Waals surface area contributed by atoms with Gasteiger partial charge >= 0.3 is 0 Å². The average Bonchev–Trinajstić information content (AvgIpc) is 2.62. The Hall–Kier alpha value is -0.800. The second-order valence-corrected chi connectivity index (χ2v) is 5.91. The first-order valence-corrected chi connectivity index (χ1v) is 6.95. The molecule has 0 radical (unpaired) electrons. The highest BCUT2D eigenvalue weighted by molar-refractivity contribution is 9.10. The molecule has 1 aromatic carbocycles. The molecule has 1 unspecified atom stereocenters. The Morgan fingerprint density at radius 3 is 3.06 bits per heavy atom. The number of rotatable bonds is 1. The Labute approximate surface area is 110 Å². The highest BCUT2D eigenvalue weighted by atomic mass is 79.9. The molecule has 0 saturated carbocycles. The van der Waals surface area contributed by atoms with Gasteiger partial charge in [-0.15, -0.1) is 0 Å². The van der Waals surface area contributed by atoms with E-state index in [9.17, 15) is 0 Å². The first-order chi connectivity index (χ1) is 8.20. The van der Waals surface area contributed by atoms with E-state index in [4.69, 9.17) is 5.73 Å². The highest BCUT2D eigenvalue weighted by Crippen LogP contribution is 2.34. The van der Waals surface area contributed by atoms with Gasteiger partial charge in [0.1, 0.15) is 0 Å². The van der Waals surface area contributed by atoms with Gasteiger partial charge in [0.05, 0.1) is 0 Å². The van der Waals surface area contributed by atoms with E-state index in [-0.39, 0.29) is 0 Å². The smallest absolute Gasteiger partial charge is 0.0494 e. The lowest BCUT2D eigenvalue weighted by Crippen LogP contribution is -2.22. The molecule has 2 N–H and O–H groups in total. The van der Waals surface area contributed by atoms with Crippen LogP contribution in [0.5, 0.6) is 0 Å². The van der Waals surface area contributed by atoms with E-state index in [1.54, 1.807) is 0 Å². The van der Waals surface area contributed by atoms with Crippen LogP contribution in [0.2, 0.25) is 0 Å². The molecule has 3 rings (SSSR count). The predicted molar refractivity (Wildman–Crippen MR) is 75.2 cm³/mol. The number of benzene rings is 1. The van der Waals surface area contributed by atoms with Gasteiger partial charge in [0.15, 0.2) is 0 Å². The summed E-state index contributed by atoms with van der Waals surface area (Å²) in [5.41, 5.74) is 10.2. The summed E-state index contributed by atoms with van der Waals surface area (Å²) in [6.07, 6.45) is 3.54. The van der Waals surface area contributed by atoms with Gasteiger partial charge in [-0.3, -0.25) is 0 Å². The van der Waals surface area contributed by atoms with E-state index < -0.39 is 0 Å². The maximum absolute atomic E-state index is 5.82. The Kier molecular flexibility index (Phi) is 2.75. The zero-order valence-corrected chi connectivity index (χ0v) is 11.6. The molecule has 0 bridgehead atoms. The summed E-state index contributed by atoms with van der Waals surface area (Å²) in [7, 11) is 2.18. The third-order valence-corrected chi connectivity index (χ3v) is 4.51. The van der Waals surface area contributed by atoms with E-state index in [2.05, 4.69) is 45.7 Å². The van der Waals surface area contributed by atoms with Crippen molar-refractivity contribution < 1.29 is 0 Å². The van der Waals surface area contributed by atoms with Crippen molar-refractivity contribution in [3.05, 3.63) is 33.9 Å². The fraction of sp³-hybridized carbons (Fsp3) is 0.429. The molecule has 1 aromatic heterocycles. The molecule has 0 amide bonds. The van der Waals surface area contributed by atoms with Crippen molar-refractivity contribution in [2.24, 2.45) is 18.7 Å². The summed E-state index contributed by atoms with van der Waals surface area (Å²) in [5.74, 6) is 0.664. The lowest BCUT2D eigenvalue weighted by Gasteiger charge is -2.21. The van der Waals surface area contributed by atoms with Gasteiger partial charge in [0.2, 0.25) is 0 Å². The number of nitrogens with two attached hydrogens (primary N) is 1. The van der Waals surface area contributed by atoms with Gasteiger partial charge in [-0.2, -0.15) is 0 Å². The second-order valence-electron chi connectivity index (χ2n) is 4.99. The SMILES string of the molecule is Cn1c2c(c3ccc(Br)cc31)CC(CN)CC2. The third-order valence-electron chi connectivity index (χ3n) is 4.01. The van der Waals surface area contributed by atoms with Gasteiger partial charge in [-0.05, 0) is 49.4 Å². The fourth-order valence-corrected chi connectivity index (χ4v) is 3.37. The van der Waals surface area contributed by atoms with Crippen molar-refractivity contribution >= 4 is 26.8 Å². The number of halogens is 1. The van der Waals surface area contributed by atoms with Crippen LogP contribution in [0.25, 0.3) is 10.9 Å². The molecule has 1 aliphatic carbocycles. The van der Waals surface area contributed by atoms with Crippen LogP contribution in [0.3, 0.4) is 0 Å². The first-order valence-electron chi connectivity index (χ1n) is 6.16. The van der Waals surface area contributed by atoms with Crippen LogP contribution in [-0.4, -0.2) is 11.1 Å². The molecular formula is C14H17BrN2. The minimum Gasteiger partial charge on any atom is -0.347 e. The lowest BCUT2D eigenvalue weighted by atomic mass is 9.86. The van der Waals surface area contributed by atoms with Crippen LogP contribution in [0.1, 0.15) is 17.7 Å². The molecule has 1 atom stereocenters. The Balaban J connectivity index is 2.22. The molecule has 2 aromatic rings. The van der Waals surface area contributed by atoms with Crippen molar-refractivity contribution in [2.45, 2.75) is 19.3 Å². The quantitative estimate of drug-likeness (QED) is 0.861. The summed E-state index contributed by atoms with van der Waals surface area (Å²) in [6.45, 7) is 0.812. The molecule has 90 valence electrons. The summed E-state index contributed by atoms with van der Waals surface area (Å²) in [6, 6.07) is 6.58. The molecule has 1 aliphatic rings. The molecule has 2 nitrogen and oxygen atoms in total. The number of aryl methyl sites for hydroxylation is 1. The van der Waals surface area contributed by atoms with Gasteiger partial charge in [-0.25, -0.2) is 0 Å². The van der Waals surface area contributed by atoms with Gasteiger partial charge in [-0.1, -0.05) is 22.0 Å². The summed E-state index contributed by atoms with van der Waals surface area (Å²) >= 11 is 3.55. The molecule has 0 aliphatic heterocycles. The Morgan fingerprint density at radius 1 is 1.47 bits per heavy atom. The third kappa shape index (κ3) is 1.72. The van der Waals surface area contributed by atoms with Crippen LogP contribution in [0.4, 0.5) is 0 Å². The van der Waals surface area contributed by atoms with Crippen LogP contribution < -0.4 is 5.73 Å². The molecule has 3 heteroatoms. The standard InChI is InChI=1S/C14H17BrN2/c1-17-13-5-2-9(8-16)6-12(13)11-4-3-10(15)7-14(11)17/h3-4,7,9H,2,5-6,8,16H2,1H3. The first kappa shape index (κ1) is 11.3. The van der Waals surface area contributed by atoms with Crippen molar-refractivity contribution in [1.82, 2.24) is 4.57 Å². The topological polar surface area (TPSA) is 30.9 Å². The minimum atomic E-state index is 0.664. The van der Waals surface area contributed by atoms with E-state index in [1.165, 1.54) is 35.0 Å². The summed E-state index contributed by atoms with van der Waals surface area (Å²) < 4.78 is 3.50. The summed E-state index contributed by atoms with van der Waals surface area (Å²) in [4.78, 5) is 0. The number of aromatic nitrogens is 1. The zero-order valence-electron chi connectivity index (χ0n) is 10.0. The number of nitrogens with zero attached hydrogens (tertiary/aromatic N) is 1. The van der Waals surface area contributed by atoms with Gasteiger partial charge in [0, 0.05) is 28.1 Å². The molecular weight excluding hydrogens is 276 g/mol. The maximum Gasteiger partial charge on any atom is 0.0494 e. The normalized spacial score (nSPS) is 19.6. The van der Waals surface area contributed by atoms with Crippen LogP contribution in [-0.2, 0) is 19.9 Å². The lowest BCUT2D eigenvalue weighted by molar-refractivity contribution is 0.462. The molecule has 0 spiro atoms. The number of hydrogen-bond acceptors (Lipinski definition) is 1. The maximum atomic E-state index is 5.82. The zero-order chi connectivity index (χ0) is 12.0. The largest absolute Gasteiger partial charge is 0.347 e. The monoisotopic (exact) mass is 292 g/mol. The highest BCUT2D eigenvalue weighted by Gasteiger charge is 2.23. The Morgan fingerprint density at radius 2 is 2.29 bits per heavy atom. The fourth-order valence-electron chi connectivity index (χ4n) is 3.02. The Bertz CT molecular complexity index is 571. The molecule has 1 heterocycles. The number of fused-ring (bicyclic) bond motifs is 3. The van der Waals surface area contributed by atoms with Crippen molar-refractivity contribution in [3.8, 4) is 0 Å². The molecule has 17 heavy (non-hydrogen) atoms. The van der Waals surface area contributed by atoms with Crippen LogP contribution in [0, 0.1) is 5.92 Å². The van der Waals surface area contributed by atoms with Crippen molar-refractivity contribution in [2.75, 3.05) is 6.54 Å². The average molecular weight is 293 g/mol. The van der Waals surface area contributed by atoms with E-state index in [0.29, 0.717) is 5.92 Å². The van der Waals surface area contributed by atoms with Crippen LogP contribution in [0.15, 0.2) is 22.7 Å². The van der Waals surface area contributed by atoms with E-state index in [0.717, 1.165) is 17.4 Å². The van der Waals surface area contributed by atoms with E-state index in [1.807, 2.05) is 0 Å². The summed E-state index contributed by atoms with van der Waals surface area (Å²) in [5, 5.41) is 1.41. The van der Waals surface area contributed by atoms with Crippen molar-refractivity contribution in [1.29, 1.82) is 0 Å². The van der Waals surface area contributed by atoms with Gasteiger partial charge in [0.25, 0.3) is 0 Å². The van der Waals surface area contributed by atoms with Crippen molar-refractivity contribution in [3.63, 3.8) is 0 Å². The van der Waals surface area contributed by atoms with Gasteiger partial charge < -0.3 is 10.3 Å². The second kappa shape index (κ2) is 4.14. The van der Waals surface area contributed by atoms with E-state index >= 15 is 0 Å². The molecule has 0 fully saturated rings. The molecule has 0 saturated heterocycles. The predicted octanol–water partition coefficient (Wildman–Crippen LogP) is 3.00. The number of hydrogen-bond donors (Lipinski definition) is 1. The van der Waals surface area contributed by atoms with Crippen LogP contribution >= 0.6 is 15.9 Å².